The maximum atomic E-state index is 12.6. The zero-order chi connectivity index (χ0) is 20.3. The van der Waals surface area contributed by atoms with Crippen molar-refractivity contribution in [2.45, 2.75) is 87.2 Å². The zero-order valence-electron chi connectivity index (χ0n) is 17.9. The first-order valence-corrected chi connectivity index (χ1v) is 10.2. The van der Waals surface area contributed by atoms with Crippen LogP contribution in [0.15, 0.2) is 6.07 Å². The predicted octanol–water partition coefficient (Wildman–Crippen LogP) is 4.84. The van der Waals surface area contributed by atoms with Crippen molar-refractivity contribution in [2.24, 2.45) is 10.8 Å². The van der Waals surface area contributed by atoms with Gasteiger partial charge in [0, 0.05) is 22.4 Å². The van der Waals surface area contributed by atoms with Crippen LogP contribution in [-0.4, -0.2) is 23.9 Å². The normalized spacial score (nSPS) is 14.7. The number of amides is 2. The molecule has 2 amide bonds. The van der Waals surface area contributed by atoms with Gasteiger partial charge in [-0.15, -0.1) is 11.3 Å². The Balaban J connectivity index is 2.56. The van der Waals surface area contributed by atoms with E-state index in [1.165, 1.54) is 11.3 Å². The minimum absolute atomic E-state index is 0.00297. The number of nitrogens with one attached hydrogen (secondary N) is 2. The molecule has 0 fully saturated rings. The van der Waals surface area contributed by atoms with Gasteiger partial charge in [0.05, 0.1) is 4.88 Å². The molecule has 0 bridgehead atoms. The number of carbonyl (C=O) groups excluding carboxylic acids is 2. The predicted molar refractivity (Wildman–Crippen MR) is 111 cm³/mol. The second-order valence-corrected chi connectivity index (χ2v) is 10.7. The fourth-order valence-corrected chi connectivity index (χ4v) is 4.56. The van der Waals surface area contributed by atoms with E-state index in [0.717, 1.165) is 21.7 Å². The van der Waals surface area contributed by atoms with E-state index < -0.39 is 5.41 Å². The number of hydrogen-bond acceptors (Lipinski definition) is 3. The fraction of sp³-hybridized carbons (Fsp3) is 0.714. The molecular formula is C21H36N2O2S. The fourth-order valence-electron chi connectivity index (χ4n) is 3.63. The van der Waals surface area contributed by atoms with Gasteiger partial charge in [0.1, 0.15) is 0 Å². The third kappa shape index (κ3) is 7.10. The highest BCUT2D eigenvalue weighted by molar-refractivity contribution is 7.14. The van der Waals surface area contributed by atoms with Crippen LogP contribution in [-0.2, 0) is 4.79 Å². The van der Waals surface area contributed by atoms with Crippen molar-refractivity contribution in [1.82, 2.24) is 10.6 Å². The van der Waals surface area contributed by atoms with Gasteiger partial charge in [0.25, 0.3) is 5.91 Å². The van der Waals surface area contributed by atoms with Crippen molar-refractivity contribution in [2.75, 3.05) is 0 Å². The van der Waals surface area contributed by atoms with Crippen LogP contribution in [0.1, 0.15) is 81.4 Å². The molecule has 0 spiro atoms. The number of aryl methyl sites for hydroxylation is 2. The second kappa shape index (κ2) is 8.55. The summed E-state index contributed by atoms with van der Waals surface area (Å²) in [4.78, 5) is 27.0. The number of thiophene rings is 1. The van der Waals surface area contributed by atoms with Crippen LogP contribution >= 0.6 is 11.3 Å². The topological polar surface area (TPSA) is 58.2 Å². The molecule has 5 heteroatoms. The molecule has 2 atom stereocenters. The highest BCUT2D eigenvalue weighted by Gasteiger charge is 2.33. The molecule has 0 aliphatic heterocycles. The summed E-state index contributed by atoms with van der Waals surface area (Å²) in [5.74, 6) is 0.0443. The molecule has 1 aromatic heterocycles. The lowest BCUT2D eigenvalue weighted by Gasteiger charge is -2.32. The molecule has 2 N–H and O–H groups in total. The SMILES string of the molecule is Cc1cc(C)c(C(=O)NC(C)CC(C)NC(=O)C(C)(C)CC(C)(C)C)s1. The zero-order valence-corrected chi connectivity index (χ0v) is 18.7. The summed E-state index contributed by atoms with van der Waals surface area (Å²) in [5, 5.41) is 6.17. The molecule has 0 aromatic carbocycles. The van der Waals surface area contributed by atoms with Gasteiger partial charge in [-0.3, -0.25) is 9.59 Å². The lowest BCUT2D eigenvalue weighted by atomic mass is 9.75. The van der Waals surface area contributed by atoms with Gasteiger partial charge in [-0.2, -0.15) is 0 Å². The molecule has 0 aliphatic carbocycles. The number of rotatable bonds is 7. The molecule has 2 unspecified atom stereocenters. The van der Waals surface area contributed by atoms with Crippen molar-refractivity contribution in [3.63, 3.8) is 0 Å². The van der Waals surface area contributed by atoms with E-state index in [2.05, 4.69) is 31.4 Å². The highest BCUT2D eigenvalue weighted by Crippen LogP contribution is 2.33. The molecule has 1 rings (SSSR count). The molecule has 1 aromatic rings. The highest BCUT2D eigenvalue weighted by atomic mass is 32.1. The van der Waals surface area contributed by atoms with Crippen molar-refractivity contribution in [1.29, 1.82) is 0 Å². The minimum atomic E-state index is -0.412. The van der Waals surface area contributed by atoms with Crippen LogP contribution in [0.2, 0.25) is 0 Å². The maximum absolute atomic E-state index is 12.6. The smallest absolute Gasteiger partial charge is 0.261 e. The molecule has 0 saturated heterocycles. The van der Waals surface area contributed by atoms with Crippen molar-refractivity contribution in [3.8, 4) is 0 Å². The molecule has 0 radical (unpaired) electrons. The Kier molecular flexibility index (Phi) is 7.46. The van der Waals surface area contributed by atoms with Gasteiger partial charge in [-0.05, 0) is 57.6 Å². The second-order valence-electron chi connectivity index (χ2n) is 9.48. The average Bonchev–Trinajstić information content (AvgIpc) is 2.74. The lowest BCUT2D eigenvalue weighted by Crippen LogP contribution is -2.45. The van der Waals surface area contributed by atoms with Gasteiger partial charge in [0.15, 0.2) is 0 Å². The monoisotopic (exact) mass is 380 g/mol. The van der Waals surface area contributed by atoms with E-state index in [1.54, 1.807) is 0 Å². The summed E-state index contributed by atoms with van der Waals surface area (Å²) in [6.45, 7) is 18.4. The van der Waals surface area contributed by atoms with Gasteiger partial charge < -0.3 is 10.6 Å². The first-order valence-electron chi connectivity index (χ1n) is 9.40. The standard InChI is InChI=1S/C21H36N2O2S/c1-13-10-16(4)26-17(13)18(24)22-14(2)11-15(3)23-19(25)21(8,9)12-20(5,6)7/h10,14-15H,11-12H2,1-9H3,(H,22,24)(H,23,25). The van der Waals surface area contributed by atoms with E-state index in [0.29, 0.717) is 6.42 Å². The summed E-state index contributed by atoms with van der Waals surface area (Å²) < 4.78 is 0. The molecular weight excluding hydrogens is 344 g/mol. The van der Waals surface area contributed by atoms with Crippen LogP contribution in [0.25, 0.3) is 0 Å². The molecule has 26 heavy (non-hydrogen) atoms. The van der Waals surface area contributed by atoms with Crippen LogP contribution in [0.4, 0.5) is 0 Å². The Morgan fingerprint density at radius 2 is 1.58 bits per heavy atom. The first kappa shape index (κ1) is 22.7. The van der Waals surface area contributed by atoms with E-state index in [9.17, 15) is 9.59 Å². The number of hydrogen-bond donors (Lipinski definition) is 2. The molecule has 1 heterocycles. The minimum Gasteiger partial charge on any atom is -0.353 e. The van der Waals surface area contributed by atoms with Crippen molar-refractivity contribution < 1.29 is 9.59 Å². The Hall–Kier alpha value is -1.36. The molecule has 148 valence electrons. The molecule has 0 aliphatic rings. The van der Waals surface area contributed by atoms with Crippen molar-refractivity contribution in [3.05, 3.63) is 21.4 Å². The van der Waals surface area contributed by atoms with Crippen LogP contribution in [0.5, 0.6) is 0 Å². The summed E-state index contributed by atoms with van der Waals surface area (Å²) in [6.07, 6.45) is 1.52. The van der Waals surface area contributed by atoms with E-state index >= 15 is 0 Å². The van der Waals surface area contributed by atoms with Gasteiger partial charge >= 0.3 is 0 Å². The Morgan fingerprint density at radius 1 is 1.04 bits per heavy atom. The largest absolute Gasteiger partial charge is 0.353 e. The molecule has 0 saturated carbocycles. The Morgan fingerprint density at radius 3 is 2.04 bits per heavy atom. The average molecular weight is 381 g/mol. The van der Waals surface area contributed by atoms with Crippen LogP contribution in [0, 0.1) is 24.7 Å². The van der Waals surface area contributed by atoms with E-state index in [4.69, 9.17) is 0 Å². The lowest BCUT2D eigenvalue weighted by molar-refractivity contribution is -0.131. The molecule has 4 nitrogen and oxygen atoms in total. The van der Waals surface area contributed by atoms with E-state index in [-0.39, 0.29) is 29.3 Å². The number of carbonyl (C=O) groups is 2. The summed E-state index contributed by atoms with van der Waals surface area (Å²) in [6, 6.07) is 2.03. The maximum Gasteiger partial charge on any atom is 0.261 e. The van der Waals surface area contributed by atoms with Crippen LogP contribution < -0.4 is 10.6 Å². The van der Waals surface area contributed by atoms with Crippen molar-refractivity contribution >= 4 is 23.2 Å². The summed E-state index contributed by atoms with van der Waals surface area (Å²) in [5.41, 5.74) is 0.703. The van der Waals surface area contributed by atoms with E-state index in [1.807, 2.05) is 47.6 Å². The third-order valence-electron chi connectivity index (χ3n) is 4.30. The van der Waals surface area contributed by atoms with Gasteiger partial charge in [-0.1, -0.05) is 34.6 Å². The summed E-state index contributed by atoms with van der Waals surface area (Å²) in [7, 11) is 0. The summed E-state index contributed by atoms with van der Waals surface area (Å²) >= 11 is 1.52. The van der Waals surface area contributed by atoms with Gasteiger partial charge in [-0.25, -0.2) is 0 Å². The first-order chi connectivity index (χ1) is 11.7. The third-order valence-corrected chi connectivity index (χ3v) is 5.45. The Bertz CT molecular complexity index is 641. The van der Waals surface area contributed by atoms with Crippen LogP contribution in [0.3, 0.4) is 0 Å². The Labute approximate surface area is 163 Å². The quantitative estimate of drug-likeness (QED) is 0.711. The van der Waals surface area contributed by atoms with Gasteiger partial charge in [0.2, 0.25) is 5.91 Å².